The van der Waals surface area contributed by atoms with Crippen LogP contribution in [0, 0.1) is 0 Å². The lowest BCUT2D eigenvalue weighted by Crippen LogP contribution is -2.19. The molecule has 1 heterocycles. The first-order valence-corrected chi connectivity index (χ1v) is 7.12. The molecule has 0 aliphatic carbocycles. The number of allylic oxidation sites excluding steroid dienone is 6. The largest absolute Gasteiger partial charge is 0.511 e. The predicted molar refractivity (Wildman–Crippen MR) is 85.2 cm³/mol. The van der Waals surface area contributed by atoms with Crippen LogP contribution in [-0.2, 0) is 0 Å². The van der Waals surface area contributed by atoms with Crippen molar-refractivity contribution in [2.24, 2.45) is 4.99 Å². The molecule has 0 amide bonds. The number of hydrogen-bond donors (Lipinski definition) is 1. The molecule has 0 aliphatic heterocycles. The molecule has 0 aromatic carbocycles. The molecule has 0 radical (unpaired) electrons. The highest BCUT2D eigenvalue weighted by Gasteiger charge is 2.35. The Labute approximate surface area is 133 Å². The average molecular weight is 327 g/mol. The van der Waals surface area contributed by atoms with Crippen molar-refractivity contribution in [3.63, 3.8) is 0 Å². The molecule has 1 N–H and O–H groups in total. The number of furan rings is 1. The molecule has 0 unspecified atom stereocenters. The lowest BCUT2D eigenvalue weighted by atomic mass is 10.0. The first kappa shape index (κ1) is 18.8. The molecule has 126 valence electrons. The molecule has 6 heteroatoms. The number of hydrogen-bond acceptors (Lipinski definition) is 3. The van der Waals surface area contributed by atoms with Crippen LogP contribution in [0.3, 0.4) is 0 Å². The smallest absolute Gasteiger partial charge is 0.418 e. The lowest BCUT2D eigenvalue weighted by molar-refractivity contribution is -0.0860. The molecule has 0 spiro atoms. The molecule has 1 rings (SSSR count). The predicted octanol–water partition coefficient (Wildman–Crippen LogP) is 5.83. The van der Waals surface area contributed by atoms with Crippen LogP contribution in [0.15, 0.2) is 57.2 Å². The molecule has 23 heavy (non-hydrogen) atoms. The maximum absolute atomic E-state index is 13.4. The number of alkyl halides is 3. The molecule has 0 aliphatic rings. The summed E-state index contributed by atoms with van der Waals surface area (Å²) >= 11 is 0. The van der Waals surface area contributed by atoms with E-state index >= 15 is 0 Å². The van der Waals surface area contributed by atoms with E-state index in [1.165, 1.54) is 26.4 Å². The Kier molecular flexibility index (Phi) is 6.42. The van der Waals surface area contributed by atoms with Gasteiger partial charge in [0.1, 0.15) is 5.76 Å². The SMILES string of the molecule is C\C=C(/C=C(\C(C)=N\C(CC)=C(/C)O)C(F)(F)F)c1ccoc1. The molecule has 0 saturated carbocycles. The standard InChI is InChI=1S/C17H20F3NO2/c1-5-13(14-7-8-23-10-14)9-15(17(18,19)20)11(3)21-16(6-2)12(4)22/h5,7-10,22H,6H2,1-4H3/b13-5+,15-9+,16-12+,21-11+. The summed E-state index contributed by atoms with van der Waals surface area (Å²) in [7, 11) is 0. The zero-order valence-electron chi connectivity index (χ0n) is 13.5. The fourth-order valence-electron chi connectivity index (χ4n) is 1.99. The molecule has 0 bridgehead atoms. The fourth-order valence-corrected chi connectivity index (χ4v) is 1.99. The molecule has 1 aromatic heterocycles. The Balaban J connectivity index is 3.39. The Morgan fingerprint density at radius 1 is 1.35 bits per heavy atom. The topological polar surface area (TPSA) is 45.7 Å². The van der Waals surface area contributed by atoms with Gasteiger partial charge in [-0.15, -0.1) is 0 Å². The number of aliphatic hydroxyl groups excluding tert-OH is 1. The summed E-state index contributed by atoms with van der Waals surface area (Å²) in [5.74, 6) is -0.0885. The zero-order chi connectivity index (χ0) is 17.6. The summed E-state index contributed by atoms with van der Waals surface area (Å²) in [6.45, 7) is 6.04. The number of aliphatic imine (C=N–C) groups is 1. The number of nitrogens with zero attached hydrogens (tertiary/aromatic N) is 1. The maximum atomic E-state index is 13.4. The van der Waals surface area contributed by atoms with E-state index in [9.17, 15) is 18.3 Å². The van der Waals surface area contributed by atoms with E-state index in [-0.39, 0.29) is 17.2 Å². The van der Waals surface area contributed by atoms with E-state index in [4.69, 9.17) is 4.42 Å². The van der Waals surface area contributed by atoms with Crippen LogP contribution in [0.1, 0.15) is 39.7 Å². The van der Waals surface area contributed by atoms with Gasteiger partial charge in [0.15, 0.2) is 0 Å². The van der Waals surface area contributed by atoms with Crippen LogP contribution in [0.5, 0.6) is 0 Å². The molecule has 0 fully saturated rings. The number of rotatable bonds is 5. The van der Waals surface area contributed by atoms with Crippen LogP contribution in [-0.4, -0.2) is 17.0 Å². The normalized spacial score (nSPS) is 15.7. The third kappa shape index (κ3) is 5.16. The summed E-state index contributed by atoms with van der Waals surface area (Å²) in [5, 5.41) is 9.47. The third-order valence-corrected chi connectivity index (χ3v) is 3.22. The second kappa shape index (κ2) is 7.85. The summed E-state index contributed by atoms with van der Waals surface area (Å²) in [4.78, 5) is 3.94. The van der Waals surface area contributed by atoms with Gasteiger partial charge in [-0.2, -0.15) is 13.2 Å². The number of halogens is 3. The van der Waals surface area contributed by atoms with Crippen molar-refractivity contribution in [3.05, 3.63) is 53.3 Å². The quantitative estimate of drug-likeness (QED) is 0.420. The van der Waals surface area contributed by atoms with E-state index < -0.39 is 11.7 Å². The molecule has 1 aromatic rings. The monoisotopic (exact) mass is 327 g/mol. The van der Waals surface area contributed by atoms with Gasteiger partial charge in [-0.1, -0.05) is 13.0 Å². The average Bonchev–Trinajstić information content (AvgIpc) is 2.97. The first-order chi connectivity index (χ1) is 10.7. The van der Waals surface area contributed by atoms with Crippen molar-refractivity contribution in [2.75, 3.05) is 0 Å². The minimum Gasteiger partial charge on any atom is -0.511 e. The summed E-state index contributed by atoms with van der Waals surface area (Å²) in [5.41, 5.74) is 0.0857. The van der Waals surface area contributed by atoms with Gasteiger partial charge in [-0.25, -0.2) is 0 Å². The highest BCUT2D eigenvalue weighted by Crippen LogP contribution is 2.31. The second-order valence-corrected chi connectivity index (χ2v) is 4.89. The van der Waals surface area contributed by atoms with Crippen LogP contribution in [0.2, 0.25) is 0 Å². The van der Waals surface area contributed by atoms with E-state index in [0.29, 0.717) is 17.6 Å². The van der Waals surface area contributed by atoms with Crippen LogP contribution < -0.4 is 0 Å². The Morgan fingerprint density at radius 2 is 2.00 bits per heavy atom. The molecular weight excluding hydrogens is 307 g/mol. The Bertz CT molecular complexity index is 644. The summed E-state index contributed by atoms with van der Waals surface area (Å²) in [6.07, 6.45) is 1.15. The van der Waals surface area contributed by atoms with Crippen molar-refractivity contribution in [3.8, 4) is 0 Å². The minimum atomic E-state index is -4.56. The molecule has 0 atom stereocenters. The Hall–Kier alpha value is -2.24. The van der Waals surface area contributed by atoms with Gasteiger partial charge in [0.05, 0.1) is 23.8 Å². The van der Waals surface area contributed by atoms with Crippen molar-refractivity contribution in [1.29, 1.82) is 0 Å². The van der Waals surface area contributed by atoms with Gasteiger partial charge in [0.2, 0.25) is 0 Å². The zero-order valence-corrected chi connectivity index (χ0v) is 13.5. The molecular formula is C17H20F3NO2. The highest BCUT2D eigenvalue weighted by molar-refractivity contribution is 6.02. The van der Waals surface area contributed by atoms with E-state index in [2.05, 4.69) is 4.99 Å². The minimum absolute atomic E-state index is 0.0885. The van der Waals surface area contributed by atoms with Crippen molar-refractivity contribution in [2.45, 2.75) is 40.3 Å². The summed E-state index contributed by atoms with van der Waals surface area (Å²) < 4.78 is 45.1. The van der Waals surface area contributed by atoms with E-state index in [1.807, 2.05) is 0 Å². The number of aliphatic hydroxyl groups is 1. The van der Waals surface area contributed by atoms with Crippen LogP contribution in [0.25, 0.3) is 5.57 Å². The van der Waals surface area contributed by atoms with Gasteiger partial charge in [-0.3, -0.25) is 4.99 Å². The summed E-state index contributed by atoms with van der Waals surface area (Å²) in [6, 6.07) is 1.58. The maximum Gasteiger partial charge on any atom is 0.418 e. The third-order valence-electron chi connectivity index (χ3n) is 3.22. The van der Waals surface area contributed by atoms with Crippen LogP contribution >= 0.6 is 0 Å². The van der Waals surface area contributed by atoms with Crippen molar-refractivity contribution >= 4 is 11.3 Å². The van der Waals surface area contributed by atoms with Gasteiger partial charge < -0.3 is 9.52 Å². The van der Waals surface area contributed by atoms with Crippen LogP contribution in [0.4, 0.5) is 13.2 Å². The van der Waals surface area contributed by atoms with Crippen molar-refractivity contribution < 1.29 is 22.7 Å². The van der Waals surface area contributed by atoms with Crippen molar-refractivity contribution in [1.82, 2.24) is 0 Å². The second-order valence-electron chi connectivity index (χ2n) is 4.89. The Morgan fingerprint density at radius 3 is 2.39 bits per heavy atom. The first-order valence-electron chi connectivity index (χ1n) is 7.12. The van der Waals surface area contributed by atoms with E-state index in [0.717, 1.165) is 6.08 Å². The van der Waals surface area contributed by atoms with Gasteiger partial charge in [0.25, 0.3) is 0 Å². The van der Waals surface area contributed by atoms with Gasteiger partial charge in [-0.05, 0) is 44.9 Å². The fraction of sp³-hybridized carbons (Fsp3) is 0.353. The highest BCUT2D eigenvalue weighted by atomic mass is 19.4. The van der Waals surface area contributed by atoms with Gasteiger partial charge >= 0.3 is 6.18 Å². The van der Waals surface area contributed by atoms with E-state index in [1.54, 1.807) is 26.0 Å². The molecule has 3 nitrogen and oxygen atoms in total. The molecule has 0 saturated heterocycles. The lowest BCUT2D eigenvalue weighted by Gasteiger charge is -2.13. The van der Waals surface area contributed by atoms with Gasteiger partial charge in [0, 0.05) is 11.3 Å².